The van der Waals surface area contributed by atoms with Crippen molar-refractivity contribution in [2.24, 2.45) is 5.92 Å². The Balaban J connectivity index is 1.66. The number of aliphatic hydroxyl groups is 1. The van der Waals surface area contributed by atoms with Crippen molar-refractivity contribution in [3.05, 3.63) is 88.9 Å². The number of aliphatic hydroxyl groups excluding tert-OH is 1. The van der Waals surface area contributed by atoms with E-state index in [0.29, 0.717) is 5.56 Å². The van der Waals surface area contributed by atoms with Gasteiger partial charge in [-0.2, -0.15) is 17.5 Å². The van der Waals surface area contributed by atoms with E-state index in [0.717, 1.165) is 40.7 Å². The van der Waals surface area contributed by atoms with Crippen LogP contribution in [-0.2, 0) is 16.2 Å². The third-order valence-corrected chi connectivity index (χ3v) is 8.88. The second-order valence-electron chi connectivity index (χ2n) is 10.3. The van der Waals surface area contributed by atoms with Gasteiger partial charge in [0.1, 0.15) is 17.5 Å². The lowest BCUT2D eigenvalue weighted by molar-refractivity contribution is -0.137. The Hall–Kier alpha value is -3.99. The number of hydrogen-bond donors (Lipinski definition) is 1. The molecule has 0 spiro atoms. The van der Waals surface area contributed by atoms with Crippen LogP contribution in [0.15, 0.2) is 65.7 Å². The minimum atomic E-state index is -4.47. The van der Waals surface area contributed by atoms with E-state index in [1.807, 2.05) is 0 Å². The van der Waals surface area contributed by atoms with Gasteiger partial charge in [-0.15, -0.1) is 0 Å². The van der Waals surface area contributed by atoms with Crippen molar-refractivity contribution in [3.8, 4) is 17.7 Å². The smallest absolute Gasteiger partial charge is 0.416 e. The van der Waals surface area contributed by atoms with E-state index in [2.05, 4.69) is 16.8 Å². The molecule has 228 valence electrons. The second kappa shape index (κ2) is 12.7. The number of hydrogen-bond acceptors (Lipinski definition) is 6. The van der Waals surface area contributed by atoms with Gasteiger partial charge in [0.25, 0.3) is 5.91 Å². The lowest BCUT2D eigenvalue weighted by atomic mass is 10.0. The molecule has 0 aliphatic carbocycles. The maximum absolute atomic E-state index is 13.6. The zero-order valence-corrected chi connectivity index (χ0v) is 24.3. The molecular formula is C30H29F4N3O5S. The molecule has 1 N–H and O–H groups in total. The third kappa shape index (κ3) is 7.33. The first kappa shape index (κ1) is 31.9. The number of likely N-dealkylation sites (N-methyl/N-ethyl adjacent to an activating group) is 1. The van der Waals surface area contributed by atoms with Crippen molar-refractivity contribution in [3.63, 3.8) is 0 Å². The van der Waals surface area contributed by atoms with Gasteiger partial charge in [0, 0.05) is 36.8 Å². The fourth-order valence-corrected chi connectivity index (χ4v) is 5.60. The predicted octanol–water partition coefficient (Wildman–Crippen LogP) is 4.18. The molecule has 0 unspecified atom stereocenters. The lowest BCUT2D eigenvalue weighted by Crippen LogP contribution is -2.50. The average Bonchev–Trinajstić information content (AvgIpc) is 2.97. The van der Waals surface area contributed by atoms with Crippen LogP contribution < -0.4 is 4.74 Å². The maximum Gasteiger partial charge on any atom is 0.416 e. The van der Waals surface area contributed by atoms with Crippen LogP contribution in [0, 0.1) is 23.6 Å². The van der Waals surface area contributed by atoms with Crippen molar-refractivity contribution in [1.82, 2.24) is 14.2 Å². The number of benzene rings is 2. The molecule has 3 aromatic rings. The highest BCUT2D eigenvalue weighted by molar-refractivity contribution is 7.89. The quantitative estimate of drug-likeness (QED) is 0.329. The van der Waals surface area contributed by atoms with Gasteiger partial charge in [-0.3, -0.25) is 4.79 Å². The van der Waals surface area contributed by atoms with Crippen LogP contribution in [0.5, 0.6) is 5.88 Å². The monoisotopic (exact) mass is 619 g/mol. The number of sulfonamides is 1. The molecule has 43 heavy (non-hydrogen) atoms. The molecule has 0 saturated heterocycles. The topological polar surface area (TPSA) is 100 Å². The minimum Gasteiger partial charge on any atom is -0.472 e. The van der Waals surface area contributed by atoms with Crippen molar-refractivity contribution in [2.45, 2.75) is 37.1 Å². The Labute approximate surface area is 247 Å². The van der Waals surface area contributed by atoms with Gasteiger partial charge in [0.05, 0.1) is 29.7 Å². The number of fused-ring (bicyclic) bond motifs is 1. The van der Waals surface area contributed by atoms with E-state index in [1.165, 1.54) is 36.3 Å². The van der Waals surface area contributed by atoms with Crippen LogP contribution in [-0.4, -0.2) is 72.5 Å². The van der Waals surface area contributed by atoms with Crippen LogP contribution >= 0.6 is 0 Å². The van der Waals surface area contributed by atoms with E-state index in [4.69, 9.17) is 4.74 Å². The van der Waals surface area contributed by atoms with E-state index >= 15 is 0 Å². The van der Waals surface area contributed by atoms with Crippen molar-refractivity contribution < 1.29 is 40.6 Å². The minimum absolute atomic E-state index is 0.0282. The average molecular weight is 620 g/mol. The molecule has 3 atom stereocenters. The second-order valence-corrected chi connectivity index (χ2v) is 12.3. The SMILES string of the molecule is C[C@H](CO)N1C[C@H](C)[C@H](CN(C)S(=O)(=O)c2ccc(F)cc2)Oc2ncc(C#Cc3ccc(C(F)(F)F)cc3)cc2C1=O. The summed E-state index contributed by atoms with van der Waals surface area (Å²) in [6, 6.07) is 9.58. The fraction of sp³-hybridized carbons (Fsp3) is 0.333. The zero-order valence-electron chi connectivity index (χ0n) is 23.5. The molecule has 1 aromatic heterocycles. The van der Waals surface area contributed by atoms with Crippen LogP contribution in [0.4, 0.5) is 17.6 Å². The Morgan fingerprint density at radius 1 is 1.12 bits per heavy atom. The molecule has 4 rings (SSSR count). The van der Waals surface area contributed by atoms with Crippen molar-refractivity contribution in [2.75, 3.05) is 26.7 Å². The van der Waals surface area contributed by atoms with Gasteiger partial charge < -0.3 is 14.7 Å². The molecule has 1 amide bonds. The molecule has 0 fully saturated rings. The number of carbonyl (C=O) groups excluding carboxylic acids is 1. The highest BCUT2D eigenvalue weighted by atomic mass is 32.2. The third-order valence-electron chi connectivity index (χ3n) is 7.04. The molecule has 0 bridgehead atoms. The number of pyridine rings is 1. The van der Waals surface area contributed by atoms with Crippen LogP contribution in [0.25, 0.3) is 0 Å². The number of aromatic nitrogens is 1. The summed E-state index contributed by atoms with van der Waals surface area (Å²) in [4.78, 5) is 19.2. The molecular weight excluding hydrogens is 590 g/mol. The van der Waals surface area contributed by atoms with Gasteiger partial charge in [0.2, 0.25) is 15.9 Å². The van der Waals surface area contributed by atoms with Gasteiger partial charge in [0.15, 0.2) is 0 Å². The number of ether oxygens (including phenoxy) is 1. The summed E-state index contributed by atoms with van der Waals surface area (Å²) in [7, 11) is -2.65. The summed E-state index contributed by atoms with van der Waals surface area (Å²) in [5, 5.41) is 9.85. The molecule has 8 nitrogen and oxygen atoms in total. The van der Waals surface area contributed by atoms with Gasteiger partial charge in [-0.25, -0.2) is 17.8 Å². The van der Waals surface area contributed by atoms with Gasteiger partial charge in [-0.05, 0) is 61.5 Å². The maximum atomic E-state index is 13.6. The van der Waals surface area contributed by atoms with E-state index in [9.17, 15) is 35.9 Å². The standard InChI is InChI=1S/C30H29F4N3O5S/c1-19-16-37(20(2)18-38)29(39)26-14-22(5-4-21-6-8-23(9-7-21)30(32,33)34)15-35-28(26)42-27(19)17-36(3)43(40,41)25-12-10-24(31)11-13-25/h6-15,19-20,27,38H,16-18H2,1-3H3/t19-,20+,27-/m0/s1. The van der Waals surface area contributed by atoms with Gasteiger partial charge >= 0.3 is 6.18 Å². The summed E-state index contributed by atoms with van der Waals surface area (Å²) in [5.74, 6) is 4.01. The summed E-state index contributed by atoms with van der Waals surface area (Å²) in [6.07, 6.45) is -3.92. The van der Waals surface area contributed by atoms with E-state index in [-0.39, 0.29) is 41.6 Å². The number of rotatable bonds is 6. The molecule has 0 radical (unpaired) electrons. The Bertz CT molecular complexity index is 1640. The number of alkyl halides is 3. The fourth-order valence-electron chi connectivity index (χ4n) is 4.41. The number of nitrogens with zero attached hydrogens (tertiary/aromatic N) is 3. The Morgan fingerprint density at radius 2 is 1.74 bits per heavy atom. The Morgan fingerprint density at radius 3 is 2.35 bits per heavy atom. The number of carbonyl (C=O) groups is 1. The van der Waals surface area contributed by atoms with Crippen LogP contribution in [0.2, 0.25) is 0 Å². The Kier molecular flexibility index (Phi) is 9.44. The van der Waals surface area contributed by atoms with E-state index in [1.54, 1.807) is 13.8 Å². The first-order chi connectivity index (χ1) is 20.2. The predicted molar refractivity (Wildman–Crippen MR) is 149 cm³/mol. The molecule has 1 aliphatic heterocycles. The lowest BCUT2D eigenvalue weighted by Gasteiger charge is -2.37. The van der Waals surface area contributed by atoms with Gasteiger partial charge in [-0.1, -0.05) is 18.8 Å². The van der Waals surface area contributed by atoms with Crippen molar-refractivity contribution in [1.29, 1.82) is 0 Å². The summed E-state index contributed by atoms with van der Waals surface area (Å²) in [6.45, 7) is 3.10. The first-order valence-electron chi connectivity index (χ1n) is 13.2. The first-order valence-corrected chi connectivity index (χ1v) is 14.6. The highest BCUT2D eigenvalue weighted by Crippen LogP contribution is 2.30. The molecule has 0 saturated carbocycles. The normalized spacial score (nSPS) is 18.2. The summed E-state index contributed by atoms with van der Waals surface area (Å²) >= 11 is 0. The van der Waals surface area contributed by atoms with Crippen LogP contribution in [0.3, 0.4) is 0 Å². The molecule has 13 heteroatoms. The van der Waals surface area contributed by atoms with Crippen molar-refractivity contribution >= 4 is 15.9 Å². The highest BCUT2D eigenvalue weighted by Gasteiger charge is 2.36. The number of amides is 1. The largest absolute Gasteiger partial charge is 0.472 e. The van der Waals surface area contributed by atoms with E-state index < -0.39 is 51.6 Å². The van der Waals surface area contributed by atoms with Crippen LogP contribution in [0.1, 0.15) is 40.9 Å². The summed E-state index contributed by atoms with van der Waals surface area (Å²) in [5.41, 5.74) is -0.174. The molecule has 1 aliphatic rings. The zero-order chi connectivity index (χ0) is 31.5. The summed E-state index contributed by atoms with van der Waals surface area (Å²) < 4.78 is 85.5. The number of halogens is 4. The molecule has 2 heterocycles. The molecule has 2 aromatic carbocycles.